The van der Waals surface area contributed by atoms with E-state index in [1.807, 2.05) is 0 Å². The molecule has 0 radical (unpaired) electrons. The second kappa shape index (κ2) is 67.3. The molecule has 0 saturated heterocycles. The fourth-order valence-electron chi connectivity index (χ4n) is 9.20. The number of esters is 3. The zero-order valence-corrected chi connectivity index (χ0v) is 52.3. The lowest BCUT2D eigenvalue weighted by Gasteiger charge is -2.18. The van der Waals surface area contributed by atoms with Gasteiger partial charge in [-0.2, -0.15) is 0 Å². The summed E-state index contributed by atoms with van der Waals surface area (Å²) in [7, 11) is 0. The first-order valence-electron chi connectivity index (χ1n) is 33.5. The minimum atomic E-state index is -0.785. The summed E-state index contributed by atoms with van der Waals surface area (Å²) >= 11 is 0. The largest absolute Gasteiger partial charge is 0.462 e. The van der Waals surface area contributed by atoms with Gasteiger partial charge in [0.25, 0.3) is 0 Å². The molecule has 456 valence electrons. The number of hydrogen-bond acceptors (Lipinski definition) is 6. The summed E-state index contributed by atoms with van der Waals surface area (Å²) < 4.78 is 16.9. The Balaban J connectivity index is 4.20. The molecule has 0 heterocycles. The second-order valence-corrected chi connectivity index (χ2v) is 22.0. The Hall–Kier alpha value is -4.19. The van der Waals surface area contributed by atoms with E-state index < -0.39 is 6.10 Å². The molecule has 0 aromatic heterocycles. The van der Waals surface area contributed by atoms with Crippen LogP contribution in [0.5, 0.6) is 0 Å². The van der Waals surface area contributed by atoms with Gasteiger partial charge in [0.05, 0.1) is 0 Å². The highest BCUT2D eigenvalue weighted by atomic mass is 16.6. The van der Waals surface area contributed by atoms with E-state index in [1.54, 1.807) is 0 Å². The first-order chi connectivity index (χ1) is 39.5. The third-order valence-corrected chi connectivity index (χ3v) is 14.2. The zero-order chi connectivity index (χ0) is 57.8. The fourth-order valence-corrected chi connectivity index (χ4v) is 9.20. The van der Waals surface area contributed by atoms with Crippen LogP contribution < -0.4 is 0 Å². The minimum Gasteiger partial charge on any atom is -0.462 e. The van der Waals surface area contributed by atoms with E-state index in [0.717, 1.165) is 141 Å². The quantitative estimate of drug-likeness (QED) is 0.0261. The van der Waals surface area contributed by atoms with Gasteiger partial charge in [-0.15, -0.1) is 0 Å². The highest BCUT2D eigenvalue weighted by Crippen LogP contribution is 2.16. The zero-order valence-electron chi connectivity index (χ0n) is 52.3. The van der Waals surface area contributed by atoms with Crippen molar-refractivity contribution in [1.29, 1.82) is 0 Å². The minimum absolute atomic E-state index is 0.0833. The molecule has 0 aromatic rings. The lowest BCUT2D eigenvalue weighted by Crippen LogP contribution is -2.30. The molecule has 80 heavy (non-hydrogen) atoms. The van der Waals surface area contributed by atoms with Gasteiger partial charge < -0.3 is 14.2 Å². The van der Waals surface area contributed by atoms with Crippen LogP contribution in [-0.4, -0.2) is 37.2 Å². The fraction of sp³-hybridized carbons (Fsp3) is 0.689. The monoisotopic (exact) mass is 1110 g/mol. The summed E-state index contributed by atoms with van der Waals surface area (Å²) in [6.45, 7) is 6.46. The summed E-state index contributed by atoms with van der Waals surface area (Å²) in [6.07, 6.45) is 93.6. The number of unbranched alkanes of at least 4 members (excludes halogenated alkanes) is 29. The van der Waals surface area contributed by atoms with Crippen LogP contribution >= 0.6 is 0 Å². The van der Waals surface area contributed by atoms with Crippen LogP contribution in [0.25, 0.3) is 0 Å². The van der Waals surface area contributed by atoms with Crippen molar-refractivity contribution < 1.29 is 28.6 Å². The number of hydrogen-bond donors (Lipinski definition) is 0. The first-order valence-corrected chi connectivity index (χ1v) is 33.5. The smallest absolute Gasteiger partial charge is 0.306 e. The average molecular weight is 1110 g/mol. The maximum Gasteiger partial charge on any atom is 0.306 e. The van der Waals surface area contributed by atoms with E-state index >= 15 is 0 Å². The van der Waals surface area contributed by atoms with Crippen molar-refractivity contribution in [2.24, 2.45) is 0 Å². The maximum atomic E-state index is 12.9. The average Bonchev–Trinajstić information content (AvgIpc) is 3.46. The van der Waals surface area contributed by atoms with Gasteiger partial charge in [-0.05, 0) is 109 Å². The van der Waals surface area contributed by atoms with E-state index in [0.29, 0.717) is 19.3 Å². The van der Waals surface area contributed by atoms with Crippen molar-refractivity contribution in [3.63, 3.8) is 0 Å². The molecule has 0 aromatic carbocycles. The van der Waals surface area contributed by atoms with Crippen molar-refractivity contribution in [2.75, 3.05) is 13.2 Å². The normalized spacial score (nSPS) is 12.9. The van der Waals surface area contributed by atoms with Gasteiger partial charge in [-0.1, -0.05) is 303 Å². The Morgan fingerprint density at radius 3 is 0.812 bits per heavy atom. The predicted molar refractivity (Wildman–Crippen MR) is 348 cm³/mol. The molecule has 0 amide bonds. The molecule has 0 bridgehead atoms. The number of ether oxygens (including phenoxy) is 3. The molecule has 6 nitrogen and oxygen atoms in total. The summed E-state index contributed by atoms with van der Waals surface area (Å²) in [6, 6.07) is 0. The Morgan fingerprint density at radius 2 is 0.512 bits per heavy atom. The second-order valence-electron chi connectivity index (χ2n) is 22.0. The van der Waals surface area contributed by atoms with Crippen molar-refractivity contribution in [2.45, 2.75) is 316 Å². The highest BCUT2D eigenvalue weighted by Gasteiger charge is 2.19. The third-order valence-electron chi connectivity index (χ3n) is 14.2. The van der Waals surface area contributed by atoms with Crippen molar-refractivity contribution >= 4 is 17.9 Å². The van der Waals surface area contributed by atoms with E-state index in [4.69, 9.17) is 14.2 Å². The summed E-state index contributed by atoms with van der Waals surface area (Å²) in [5, 5.41) is 0. The molecule has 0 saturated carbocycles. The van der Waals surface area contributed by atoms with Crippen LogP contribution in [0.3, 0.4) is 0 Å². The molecular formula is C74H124O6. The van der Waals surface area contributed by atoms with E-state index in [-0.39, 0.29) is 31.1 Å². The van der Waals surface area contributed by atoms with Gasteiger partial charge in [-0.25, -0.2) is 0 Å². The standard InChI is InChI=1S/C74H124O6/c1-4-7-10-13-16-19-22-25-27-28-29-30-31-32-33-34-35-36-37-38-39-40-41-42-43-44-45-46-47-50-52-55-58-61-64-67-73(76)79-70-71(69-78-72(75)66-63-60-57-54-51-48-24-21-18-15-12-9-6-3)80-74(77)68-65-62-59-56-53-49-26-23-20-17-14-11-8-5-2/h7,10,12,15-16,19,21,24-25,27,29-30,32-33,35-36,38-39,41-42,71H,4-6,8-9,11,13-14,17-18,20,22-23,26,28,31,34,37,40,43-70H2,1-3H3/b10-7-,15-12-,19-16-,24-21-,27-25-,30-29-,33-32-,36-35-,39-38-,42-41-. The molecule has 1 unspecified atom stereocenters. The van der Waals surface area contributed by atoms with Crippen LogP contribution in [-0.2, 0) is 28.6 Å². The van der Waals surface area contributed by atoms with Gasteiger partial charge in [-0.3, -0.25) is 14.4 Å². The molecule has 0 N–H and O–H groups in total. The summed E-state index contributed by atoms with van der Waals surface area (Å²) in [4.78, 5) is 38.3. The van der Waals surface area contributed by atoms with Crippen molar-refractivity contribution in [3.05, 3.63) is 122 Å². The van der Waals surface area contributed by atoms with Gasteiger partial charge in [0.15, 0.2) is 6.10 Å². The molecule has 0 aliphatic rings. The molecule has 0 aliphatic carbocycles. The summed E-state index contributed by atoms with van der Waals surface area (Å²) in [5.74, 6) is -0.893. The molecule has 0 aliphatic heterocycles. The number of carbonyl (C=O) groups is 3. The van der Waals surface area contributed by atoms with Crippen LogP contribution in [0.15, 0.2) is 122 Å². The van der Waals surface area contributed by atoms with Crippen molar-refractivity contribution in [1.82, 2.24) is 0 Å². The van der Waals surface area contributed by atoms with Gasteiger partial charge >= 0.3 is 17.9 Å². The van der Waals surface area contributed by atoms with E-state index in [1.165, 1.54) is 128 Å². The van der Waals surface area contributed by atoms with Crippen LogP contribution in [0.1, 0.15) is 310 Å². The number of carbonyl (C=O) groups excluding carboxylic acids is 3. The molecule has 6 heteroatoms. The molecule has 0 spiro atoms. The Morgan fingerprint density at radius 1 is 0.263 bits per heavy atom. The number of allylic oxidation sites excluding steroid dienone is 20. The molecule has 1 atom stereocenters. The summed E-state index contributed by atoms with van der Waals surface area (Å²) in [5.41, 5.74) is 0. The molecular weight excluding hydrogens is 985 g/mol. The Labute approximate surface area is 494 Å². The van der Waals surface area contributed by atoms with E-state index in [2.05, 4.69) is 142 Å². The lowest BCUT2D eigenvalue weighted by atomic mass is 10.0. The van der Waals surface area contributed by atoms with Gasteiger partial charge in [0.2, 0.25) is 0 Å². The van der Waals surface area contributed by atoms with Crippen LogP contribution in [0, 0.1) is 0 Å². The van der Waals surface area contributed by atoms with Gasteiger partial charge in [0.1, 0.15) is 13.2 Å². The van der Waals surface area contributed by atoms with Crippen molar-refractivity contribution in [3.8, 4) is 0 Å². The first kappa shape index (κ1) is 75.8. The molecule has 0 rings (SSSR count). The van der Waals surface area contributed by atoms with Crippen LogP contribution in [0.2, 0.25) is 0 Å². The Bertz CT molecular complexity index is 1650. The predicted octanol–water partition coefficient (Wildman–Crippen LogP) is 23.2. The van der Waals surface area contributed by atoms with Gasteiger partial charge in [0, 0.05) is 19.3 Å². The van der Waals surface area contributed by atoms with E-state index in [9.17, 15) is 14.4 Å². The lowest BCUT2D eigenvalue weighted by molar-refractivity contribution is -0.167. The molecule has 0 fully saturated rings. The Kier molecular flexibility index (Phi) is 63.8. The third kappa shape index (κ3) is 64.6. The maximum absolute atomic E-state index is 12.9. The number of rotatable bonds is 60. The highest BCUT2D eigenvalue weighted by molar-refractivity contribution is 5.71. The SMILES string of the molecule is CC/C=C\C/C=C\C/C=C\C/C=C\C/C=C\C/C=C\C/C=C\C/C=C\CCCCCCCCCCCCC(=O)OCC(COC(=O)CCCCCCC/C=C\C/C=C\CCC)OC(=O)CCCCCCCCCCCCCCCC. The topological polar surface area (TPSA) is 78.9 Å². The van der Waals surface area contributed by atoms with Crippen LogP contribution in [0.4, 0.5) is 0 Å².